The Morgan fingerprint density at radius 3 is 2.22 bits per heavy atom. The molecule has 0 aliphatic rings. The first-order valence-electron chi connectivity index (χ1n) is 9.66. The van der Waals surface area contributed by atoms with Crippen LogP contribution in [0.3, 0.4) is 0 Å². The van der Waals surface area contributed by atoms with Gasteiger partial charge in [0.25, 0.3) is 17.3 Å². The summed E-state index contributed by atoms with van der Waals surface area (Å²) in [5, 5.41) is 28.9. The Hall–Kier alpha value is -4.28. The third-order valence-electron chi connectivity index (χ3n) is 4.79. The fraction of sp³-hybridized carbons (Fsp3) is 0.238. The SMILES string of the molecule is Cc1c([N+](=O)[O-])cc(NC(=O)c2ccn(COc3ccc(C(C)C)cc3)n2)cc1[N+](=O)[O-]. The summed E-state index contributed by atoms with van der Waals surface area (Å²) < 4.78 is 7.06. The molecule has 1 amide bonds. The van der Waals surface area contributed by atoms with E-state index in [1.165, 1.54) is 29.4 Å². The van der Waals surface area contributed by atoms with Crippen molar-refractivity contribution in [3.8, 4) is 5.75 Å². The smallest absolute Gasteiger partial charge is 0.281 e. The first-order valence-corrected chi connectivity index (χ1v) is 9.66. The number of carbonyl (C=O) groups is 1. The third kappa shape index (κ3) is 5.06. The number of hydrogen-bond donors (Lipinski definition) is 1. The molecule has 1 N–H and O–H groups in total. The minimum Gasteiger partial charge on any atom is -0.471 e. The van der Waals surface area contributed by atoms with Gasteiger partial charge in [-0.2, -0.15) is 5.10 Å². The monoisotopic (exact) mass is 439 g/mol. The summed E-state index contributed by atoms with van der Waals surface area (Å²) in [7, 11) is 0. The lowest BCUT2D eigenvalue weighted by Gasteiger charge is -2.09. The summed E-state index contributed by atoms with van der Waals surface area (Å²) >= 11 is 0. The second-order valence-corrected chi connectivity index (χ2v) is 7.35. The Morgan fingerprint density at radius 2 is 1.69 bits per heavy atom. The first kappa shape index (κ1) is 22.4. The highest BCUT2D eigenvalue weighted by molar-refractivity contribution is 6.03. The summed E-state index contributed by atoms with van der Waals surface area (Å²) in [4.78, 5) is 33.4. The van der Waals surface area contributed by atoms with Crippen molar-refractivity contribution in [3.05, 3.63) is 85.7 Å². The van der Waals surface area contributed by atoms with Crippen molar-refractivity contribution < 1.29 is 19.4 Å². The van der Waals surface area contributed by atoms with Crippen LogP contribution in [0.4, 0.5) is 17.1 Å². The van der Waals surface area contributed by atoms with Gasteiger partial charge in [-0.15, -0.1) is 0 Å². The zero-order chi connectivity index (χ0) is 23.4. The van der Waals surface area contributed by atoms with Gasteiger partial charge >= 0.3 is 0 Å². The minimum atomic E-state index is -0.738. The normalized spacial score (nSPS) is 10.8. The van der Waals surface area contributed by atoms with Gasteiger partial charge < -0.3 is 10.1 Å². The van der Waals surface area contributed by atoms with Gasteiger partial charge in [-0.05, 0) is 36.6 Å². The van der Waals surface area contributed by atoms with Crippen LogP contribution in [0.15, 0.2) is 48.7 Å². The highest BCUT2D eigenvalue weighted by atomic mass is 16.6. The lowest BCUT2D eigenvalue weighted by molar-refractivity contribution is -0.395. The number of benzene rings is 2. The molecule has 0 bridgehead atoms. The largest absolute Gasteiger partial charge is 0.471 e. The van der Waals surface area contributed by atoms with Crippen LogP contribution < -0.4 is 10.1 Å². The Morgan fingerprint density at radius 1 is 1.09 bits per heavy atom. The summed E-state index contributed by atoms with van der Waals surface area (Å²) in [5.41, 5.74) is 0.117. The highest BCUT2D eigenvalue weighted by Gasteiger charge is 2.24. The van der Waals surface area contributed by atoms with E-state index in [2.05, 4.69) is 24.3 Å². The van der Waals surface area contributed by atoms with E-state index in [9.17, 15) is 25.0 Å². The molecule has 1 heterocycles. The lowest BCUT2D eigenvalue weighted by Crippen LogP contribution is -2.15. The fourth-order valence-electron chi connectivity index (χ4n) is 2.97. The van der Waals surface area contributed by atoms with Crippen LogP contribution in [-0.4, -0.2) is 25.5 Å². The molecular formula is C21H21N5O6. The lowest BCUT2D eigenvalue weighted by atomic mass is 10.0. The van der Waals surface area contributed by atoms with Crippen molar-refractivity contribution in [1.82, 2.24) is 9.78 Å². The van der Waals surface area contributed by atoms with Gasteiger partial charge in [0.15, 0.2) is 12.4 Å². The Labute approximate surface area is 182 Å². The van der Waals surface area contributed by atoms with Gasteiger partial charge in [0.05, 0.1) is 15.5 Å². The molecular weight excluding hydrogens is 418 g/mol. The maximum atomic E-state index is 12.5. The number of anilines is 1. The molecule has 0 saturated heterocycles. The number of aromatic nitrogens is 2. The van der Waals surface area contributed by atoms with Crippen molar-refractivity contribution >= 4 is 23.0 Å². The van der Waals surface area contributed by atoms with Crippen molar-refractivity contribution in [3.63, 3.8) is 0 Å². The topological polar surface area (TPSA) is 142 Å². The number of amides is 1. The second-order valence-electron chi connectivity index (χ2n) is 7.35. The van der Waals surface area contributed by atoms with Crippen LogP contribution in [0.1, 0.15) is 41.4 Å². The number of nitro benzene ring substituents is 2. The van der Waals surface area contributed by atoms with Gasteiger partial charge in [-0.3, -0.25) is 25.0 Å². The summed E-state index contributed by atoms with van der Waals surface area (Å²) in [6, 6.07) is 11.2. The van der Waals surface area contributed by atoms with Crippen LogP contribution in [0, 0.1) is 27.2 Å². The number of nitrogens with zero attached hydrogens (tertiary/aromatic N) is 4. The maximum absolute atomic E-state index is 12.5. The van der Waals surface area contributed by atoms with Crippen LogP contribution in [0.5, 0.6) is 5.75 Å². The molecule has 0 radical (unpaired) electrons. The van der Waals surface area contributed by atoms with E-state index in [1.54, 1.807) is 0 Å². The molecule has 32 heavy (non-hydrogen) atoms. The average molecular weight is 439 g/mol. The first-order chi connectivity index (χ1) is 15.2. The zero-order valence-corrected chi connectivity index (χ0v) is 17.6. The number of nitro groups is 2. The predicted octanol–water partition coefficient (Wildman–Crippen LogP) is 4.42. The molecule has 1 aromatic heterocycles. The molecule has 3 aromatic rings. The fourth-order valence-corrected chi connectivity index (χ4v) is 2.97. The van der Waals surface area contributed by atoms with Crippen LogP contribution in [0.25, 0.3) is 0 Å². The van der Waals surface area contributed by atoms with E-state index in [4.69, 9.17) is 4.74 Å². The van der Waals surface area contributed by atoms with Gasteiger partial charge in [-0.25, -0.2) is 4.68 Å². The molecule has 0 spiro atoms. The molecule has 0 aliphatic heterocycles. The molecule has 11 nitrogen and oxygen atoms in total. The van der Waals surface area contributed by atoms with E-state index in [1.807, 2.05) is 24.3 Å². The molecule has 11 heteroatoms. The van der Waals surface area contributed by atoms with Crippen molar-refractivity contribution in [2.24, 2.45) is 0 Å². The molecule has 0 atom stereocenters. The molecule has 0 saturated carbocycles. The van der Waals surface area contributed by atoms with Crippen molar-refractivity contribution in [2.75, 3.05) is 5.32 Å². The molecule has 0 fully saturated rings. The van der Waals surface area contributed by atoms with Crippen molar-refractivity contribution in [2.45, 2.75) is 33.4 Å². The number of nitrogens with one attached hydrogen (secondary N) is 1. The maximum Gasteiger partial charge on any atom is 0.281 e. The molecule has 0 aliphatic carbocycles. The summed E-state index contributed by atoms with van der Waals surface area (Å²) in [5.74, 6) is 0.389. The zero-order valence-electron chi connectivity index (χ0n) is 17.6. The van der Waals surface area contributed by atoms with E-state index in [-0.39, 0.29) is 23.7 Å². The number of hydrogen-bond acceptors (Lipinski definition) is 7. The Balaban J connectivity index is 1.69. The average Bonchev–Trinajstić information content (AvgIpc) is 3.22. The van der Waals surface area contributed by atoms with E-state index >= 15 is 0 Å². The quantitative estimate of drug-likeness (QED) is 0.404. The Bertz CT molecular complexity index is 1130. The highest BCUT2D eigenvalue weighted by Crippen LogP contribution is 2.31. The predicted molar refractivity (Wildman–Crippen MR) is 116 cm³/mol. The summed E-state index contributed by atoms with van der Waals surface area (Å²) in [6.07, 6.45) is 1.54. The van der Waals surface area contributed by atoms with E-state index < -0.39 is 27.1 Å². The Kier molecular flexibility index (Phi) is 6.47. The standard InChI is InChI=1S/C21H21N5O6/c1-13(2)15-4-6-17(7-5-15)32-12-24-9-8-18(23-24)21(27)22-16-10-19(25(28)29)14(3)20(11-16)26(30)31/h4-11,13H,12H2,1-3H3,(H,22,27). The van der Waals surface area contributed by atoms with Gasteiger partial charge in [0.2, 0.25) is 0 Å². The molecule has 0 unspecified atom stereocenters. The van der Waals surface area contributed by atoms with Gasteiger partial charge in [0.1, 0.15) is 11.3 Å². The van der Waals surface area contributed by atoms with Crippen LogP contribution in [0.2, 0.25) is 0 Å². The van der Waals surface area contributed by atoms with Crippen LogP contribution in [-0.2, 0) is 6.73 Å². The van der Waals surface area contributed by atoms with Gasteiger partial charge in [0, 0.05) is 18.3 Å². The van der Waals surface area contributed by atoms with E-state index in [0.29, 0.717) is 11.7 Å². The summed E-state index contributed by atoms with van der Waals surface area (Å²) in [6.45, 7) is 5.54. The third-order valence-corrected chi connectivity index (χ3v) is 4.79. The second kappa shape index (κ2) is 9.25. The van der Waals surface area contributed by atoms with E-state index in [0.717, 1.165) is 12.1 Å². The molecule has 3 rings (SSSR count). The van der Waals surface area contributed by atoms with Crippen LogP contribution >= 0.6 is 0 Å². The van der Waals surface area contributed by atoms with Gasteiger partial charge in [-0.1, -0.05) is 26.0 Å². The number of ether oxygens (including phenoxy) is 1. The minimum absolute atomic E-state index is 0.0228. The molecule has 166 valence electrons. The molecule has 2 aromatic carbocycles. The van der Waals surface area contributed by atoms with Crippen molar-refractivity contribution in [1.29, 1.82) is 0 Å². The number of carbonyl (C=O) groups excluding carboxylic acids is 1. The number of rotatable bonds is 8.